The number of ether oxygens (including phenoxy) is 2. The first-order chi connectivity index (χ1) is 16.9. The highest BCUT2D eigenvalue weighted by atomic mass is 16.5. The summed E-state index contributed by atoms with van der Waals surface area (Å²) in [5.41, 5.74) is 3.08. The quantitative estimate of drug-likeness (QED) is 0.523. The monoisotopic (exact) mass is 478 g/mol. The van der Waals surface area contributed by atoms with Gasteiger partial charge in [-0.2, -0.15) is 0 Å². The van der Waals surface area contributed by atoms with E-state index in [2.05, 4.69) is 5.32 Å². The number of hydrogen-bond donors (Lipinski definition) is 1. The number of aryl methyl sites for hydroxylation is 1. The molecule has 2 aromatic carbocycles. The zero-order valence-corrected chi connectivity index (χ0v) is 20.2. The van der Waals surface area contributed by atoms with Crippen LogP contribution in [0.1, 0.15) is 30.1 Å². The van der Waals surface area contributed by atoms with Gasteiger partial charge in [-0.15, -0.1) is 0 Å². The molecule has 9 nitrogen and oxygen atoms in total. The van der Waals surface area contributed by atoms with E-state index in [4.69, 9.17) is 14.5 Å². The Bertz CT molecular complexity index is 1240. The minimum atomic E-state index is -0.336. The van der Waals surface area contributed by atoms with E-state index in [1.165, 1.54) is 7.11 Å². The number of amides is 2. The standard InChI is InChI=1S/C26H30N4O5/c1-4-35-26(33)18-11-8-12-30(15-18)25(32)19-13-20(27-22(31)16-34-3)23-21(14-19)28-24(29(23)2)17-9-6-5-7-10-17/h5-7,9-10,13-14,18H,4,8,11-12,15-16H2,1-3H3,(H,27,31). The van der Waals surface area contributed by atoms with Crippen LogP contribution in [0.15, 0.2) is 42.5 Å². The lowest BCUT2D eigenvalue weighted by Crippen LogP contribution is -2.42. The van der Waals surface area contributed by atoms with Crippen LogP contribution in [0, 0.1) is 5.92 Å². The summed E-state index contributed by atoms with van der Waals surface area (Å²) in [6.45, 7) is 2.83. The molecule has 1 fully saturated rings. The topological polar surface area (TPSA) is 103 Å². The van der Waals surface area contributed by atoms with Crippen LogP contribution in [-0.4, -0.2) is 65.6 Å². The molecule has 1 aliphatic rings. The summed E-state index contributed by atoms with van der Waals surface area (Å²) in [6, 6.07) is 13.1. The summed E-state index contributed by atoms with van der Waals surface area (Å²) in [6.07, 6.45) is 1.41. The second kappa shape index (κ2) is 10.7. The molecule has 0 aliphatic carbocycles. The highest BCUT2D eigenvalue weighted by molar-refractivity contribution is 6.06. The van der Waals surface area contributed by atoms with Gasteiger partial charge in [0.15, 0.2) is 0 Å². The Balaban J connectivity index is 1.73. The number of rotatable bonds is 7. The van der Waals surface area contributed by atoms with Crippen molar-refractivity contribution in [1.82, 2.24) is 14.5 Å². The largest absolute Gasteiger partial charge is 0.466 e. The number of imidazole rings is 1. The first-order valence-electron chi connectivity index (χ1n) is 11.7. The fourth-order valence-corrected chi connectivity index (χ4v) is 4.53. The van der Waals surface area contributed by atoms with E-state index in [0.717, 1.165) is 12.0 Å². The molecule has 0 radical (unpaired) electrons. The number of carbonyl (C=O) groups is 3. The maximum absolute atomic E-state index is 13.5. The summed E-state index contributed by atoms with van der Waals surface area (Å²) in [4.78, 5) is 44.6. The highest BCUT2D eigenvalue weighted by Crippen LogP contribution is 2.31. The van der Waals surface area contributed by atoms with Gasteiger partial charge in [-0.25, -0.2) is 4.98 Å². The Labute approximate surface area is 204 Å². The summed E-state index contributed by atoms with van der Waals surface area (Å²) >= 11 is 0. The first-order valence-corrected chi connectivity index (χ1v) is 11.7. The first kappa shape index (κ1) is 24.4. The van der Waals surface area contributed by atoms with Crippen molar-refractivity contribution in [2.75, 3.05) is 38.7 Å². The summed E-state index contributed by atoms with van der Waals surface area (Å²) < 4.78 is 12.0. The number of piperidine rings is 1. The maximum atomic E-state index is 13.5. The third kappa shape index (κ3) is 5.19. The number of likely N-dealkylation sites (tertiary alicyclic amines) is 1. The number of methoxy groups -OCH3 is 1. The van der Waals surface area contributed by atoms with Crippen molar-refractivity contribution in [1.29, 1.82) is 0 Å². The molecule has 2 amide bonds. The molecule has 1 unspecified atom stereocenters. The van der Waals surface area contributed by atoms with Crippen molar-refractivity contribution >= 4 is 34.5 Å². The molecule has 3 aromatic rings. The number of esters is 1. The maximum Gasteiger partial charge on any atom is 0.310 e. The molecule has 0 spiro atoms. The average molecular weight is 479 g/mol. The summed E-state index contributed by atoms with van der Waals surface area (Å²) in [5, 5.41) is 2.86. The fraction of sp³-hybridized carbons (Fsp3) is 0.385. The van der Waals surface area contributed by atoms with E-state index >= 15 is 0 Å². The molecule has 4 rings (SSSR count). The number of carbonyl (C=O) groups excluding carboxylic acids is 3. The number of nitrogens with one attached hydrogen (secondary N) is 1. The van der Waals surface area contributed by atoms with Crippen LogP contribution in [0.25, 0.3) is 22.4 Å². The minimum Gasteiger partial charge on any atom is -0.466 e. The lowest BCUT2D eigenvalue weighted by Gasteiger charge is -2.31. The SMILES string of the molecule is CCOC(=O)C1CCCN(C(=O)c2cc(NC(=O)COC)c3c(c2)nc(-c2ccccc2)n3C)C1. The fourth-order valence-electron chi connectivity index (χ4n) is 4.53. The Morgan fingerprint density at radius 3 is 2.66 bits per heavy atom. The molecule has 1 N–H and O–H groups in total. The van der Waals surface area contributed by atoms with E-state index in [-0.39, 0.29) is 30.3 Å². The molecular weight excluding hydrogens is 448 g/mol. The molecule has 1 atom stereocenters. The van der Waals surface area contributed by atoms with Gasteiger partial charge in [-0.05, 0) is 31.9 Å². The predicted octanol–water partition coefficient (Wildman–Crippen LogP) is 3.24. The molecule has 0 saturated carbocycles. The van der Waals surface area contributed by atoms with Gasteiger partial charge < -0.3 is 24.3 Å². The Morgan fingerprint density at radius 2 is 1.94 bits per heavy atom. The summed E-state index contributed by atoms with van der Waals surface area (Å²) in [5.74, 6) is -0.439. The summed E-state index contributed by atoms with van der Waals surface area (Å²) in [7, 11) is 3.32. The molecule has 184 valence electrons. The van der Waals surface area contributed by atoms with Gasteiger partial charge in [-0.1, -0.05) is 30.3 Å². The van der Waals surface area contributed by atoms with Crippen molar-refractivity contribution in [2.45, 2.75) is 19.8 Å². The van der Waals surface area contributed by atoms with E-state index in [0.29, 0.717) is 54.2 Å². The third-order valence-corrected chi connectivity index (χ3v) is 6.13. The predicted molar refractivity (Wildman–Crippen MR) is 132 cm³/mol. The van der Waals surface area contributed by atoms with Gasteiger partial charge in [-0.3, -0.25) is 14.4 Å². The van der Waals surface area contributed by atoms with Crippen LogP contribution in [0.5, 0.6) is 0 Å². The molecule has 9 heteroatoms. The normalized spacial score (nSPS) is 15.7. The molecule has 1 aromatic heterocycles. The van der Waals surface area contributed by atoms with E-state index in [1.807, 2.05) is 41.9 Å². The third-order valence-electron chi connectivity index (χ3n) is 6.13. The highest BCUT2D eigenvalue weighted by Gasteiger charge is 2.30. The van der Waals surface area contributed by atoms with Crippen molar-refractivity contribution in [3.8, 4) is 11.4 Å². The van der Waals surface area contributed by atoms with E-state index in [1.54, 1.807) is 24.0 Å². The minimum absolute atomic E-state index is 0.115. The number of hydrogen-bond acceptors (Lipinski definition) is 6. The van der Waals surface area contributed by atoms with Crippen LogP contribution in [0.4, 0.5) is 5.69 Å². The van der Waals surface area contributed by atoms with Gasteiger partial charge in [0, 0.05) is 38.4 Å². The van der Waals surface area contributed by atoms with Crippen molar-refractivity contribution in [3.63, 3.8) is 0 Å². The Kier molecular flexibility index (Phi) is 7.45. The van der Waals surface area contributed by atoms with E-state index in [9.17, 15) is 14.4 Å². The lowest BCUT2D eigenvalue weighted by atomic mass is 9.97. The number of anilines is 1. The van der Waals surface area contributed by atoms with Crippen LogP contribution < -0.4 is 5.32 Å². The van der Waals surface area contributed by atoms with Gasteiger partial charge in [0.1, 0.15) is 12.4 Å². The number of benzene rings is 2. The van der Waals surface area contributed by atoms with E-state index < -0.39 is 0 Å². The molecular formula is C26H30N4O5. The second-order valence-electron chi connectivity index (χ2n) is 8.58. The van der Waals surface area contributed by atoms with Crippen molar-refractivity contribution < 1.29 is 23.9 Å². The van der Waals surface area contributed by atoms with Crippen LogP contribution in [0.2, 0.25) is 0 Å². The second-order valence-corrected chi connectivity index (χ2v) is 8.58. The molecule has 1 aliphatic heterocycles. The Hall–Kier alpha value is -3.72. The molecule has 0 bridgehead atoms. The van der Waals surface area contributed by atoms with Gasteiger partial charge in [0.2, 0.25) is 5.91 Å². The zero-order chi connectivity index (χ0) is 24.9. The molecule has 35 heavy (non-hydrogen) atoms. The Morgan fingerprint density at radius 1 is 1.17 bits per heavy atom. The van der Waals surface area contributed by atoms with Crippen molar-refractivity contribution in [3.05, 3.63) is 48.0 Å². The van der Waals surface area contributed by atoms with Crippen molar-refractivity contribution in [2.24, 2.45) is 13.0 Å². The smallest absolute Gasteiger partial charge is 0.310 e. The lowest BCUT2D eigenvalue weighted by molar-refractivity contribution is -0.149. The number of fused-ring (bicyclic) bond motifs is 1. The van der Waals surface area contributed by atoms with Gasteiger partial charge in [0.05, 0.1) is 29.2 Å². The van der Waals surface area contributed by atoms with Gasteiger partial charge >= 0.3 is 5.97 Å². The zero-order valence-electron chi connectivity index (χ0n) is 20.2. The van der Waals surface area contributed by atoms with Crippen LogP contribution in [-0.2, 0) is 26.1 Å². The average Bonchev–Trinajstić information content (AvgIpc) is 3.21. The number of aromatic nitrogens is 2. The van der Waals surface area contributed by atoms with Gasteiger partial charge in [0.25, 0.3) is 5.91 Å². The molecule has 2 heterocycles. The number of nitrogens with zero attached hydrogens (tertiary/aromatic N) is 3. The molecule has 1 saturated heterocycles. The van der Waals surface area contributed by atoms with Crippen LogP contribution in [0.3, 0.4) is 0 Å². The van der Waals surface area contributed by atoms with Crippen LogP contribution >= 0.6 is 0 Å².